The minimum Gasteiger partial charge on any atom is -0.493 e. The van der Waals surface area contributed by atoms with Crippen LogP contribution in [-0.4, -0.2) is 47.7 Å². The molecule has 1 N–H and O–H groups in total. The number of hydrogen-bond donors (Lipinski definition) is 1. The second kappa shape index (κ2) is 6.53. The van der Waals surface area contributed by atoms with E-state index in [0.29, 0.717) is 28.6 Å². The summed E-state index contributed by atoms with van der Waals surface area (Å²) < 4.78 is 10.7. The lowest BCUT2D eigenvalue weighted by Crippen LogP contribution is -2.43. The third-order valence-electron chi connectivity index (χ3n) is 4.51. The number of carbonyl (C=O) groups is 2. The van der Waals surface area contributed by atoms with Crippen molar-refractivity contribution in [2.45, 2.75) is 11.4 Å². The average Bonchev–Trinajstić information content (AvgIpc) is 3.22. The van der Waals surface area contributed by atoms with E-state index in [1.54, 1.807) is 47.1 Å². The van der Waals surface area contributed by atoms with Gasteiger partial charge in [-0.25, -0.2) is 4.98 Å². The van der Waals surface area contributed by atoms with E-state index in [0.717, 1.165) is 5.56 Å². The molecule has 2 aliphatic rings. The van der Waals surface area contributed by atoms with E-state index >= 15 is 0 Å². The topological polar surface area (TPSA) is 80.8 Å². The number of ether oxygens (including phenoxy) is 2. The Kier molecular flexibility index (Phi) is 4.20. The van der Waals surface area contributed by atoms with Crippen LogP contribution in [0, 0.1) is 0 Å². The number of anilines is 1. The number of rotatable bonds is 4. The summed E-state index contributed by atoms with van der Waals surface area (Å²) in [6.45, 7) is 0. The molecule has 2 aromatic rings. The zero-order chi connectivity index (χ0) is 18.3. The second-order valence-electron chi connectivity index (χ2n) is 5.88. The molecule has 26 heavy (non-hydrogen) atoms. The fourth-order valence-electron chi connectivity index (χ4n) is 3.34. The Hall–Kier alpha value is -2.74. The van der Waals surface area contributed by atoms with Crippen LogP contribution >= 0.6 is 11.8 Å². The summed E-state index contributed by atoms with van der Waals surface area (Å²) in [6.07, 6.45) is 1.61. The smallest absolute Gasteiger partial charge is 0.260 e. The molecule has 7 nitrogen and oxygen atoms in total. The first-order chi connectivity index (χ1) is 12.7. The van der Waals surface area contributed by atoms with Gasteiger partial charge >= 0.3 is 0 Å². The van der Waals surface area contributed by atoms with E-state index in [9.17, 15) is 9.59 Å². The number of thioether (sulfide) groups is 1. The van der Waals surface area contributed by atoms with Crippen LogP contribution in [0.1, 0.15) is 21.3 Å². The molecule has 2 aliphatic heterocycles. The van der Waals surface area contributed by atoms with Crippen molar-refractivity contribution in [1.29, 1.82) is 0 Å². The van der Waals surface area contributed by atoms with Gasteiger partial charge in [-0.15, -0.1) is 11.8 Å². The van der Waals surface area contributed by atoms with Crippen LogP contribution in [0.3, 0.4) is 0 Å². The van der Waals surface area contributed by atoms with Gasteiger partial charge in [0.15, 0.2) is 11.5 Å². The lowest BCUT2D eigenvalue weighted by atomic mass is 10.1. The Morgan fingerprint density at radius 2 is 2.12 bits per heavy atom. The van der Waals surface area contributed by atoms with E-state index < -0.39 is 6.04 Å². The number of benzene rings is 1. The molecule has 3 heterocycles. The van der Waals surface area contributed by atoms with E-state index in [4.69, 9.17) is 9.47 Å². The number of aromatic nitrogens is 1. The Labute approximate surface area is 154 Å². The average molecular weight is 371 g/mol. The SMILES string of the molecule is COc1ccc2c(c1OC)C(=O)N1[C@@H]2SC[C@H]1C(=O)Nc1ccccn1. The number of amides is 2. The molecule has 4 rings (SSSR count). The first kappa shape index (κ1) is 16.7. The first-order valence-electron chi connectivity index (χ1n) is 8.06. The highest BCUT2D eigenvalue weighted by molar-refractivity contribution is 7.99. The molecule has 134 valence electrons. The van der Waals surface area contributed by atoms with Gasteiger partial charge < -0.3 is 19.7 Å². The van der Waals surface area contributed by atoms with Crippen LogP contribution < -0.4 is 14.8 Å². The molecule has 0 radical (unpaired) electrons. The Morgan fingerprint density at radius 1 is 1.27 bits per heavy atom. The second-order valence-corrected chi connectivity index (χ2v) is 7.00. The zero-order valence-corrected chi connectivity index (χ0v) is 15.1. The van der Waals surface area contributed by atoms with Crippen molar-refractivity contribution in [1.82, 2.24) is 9.88 Å². The highest BCUT2D eigenvalue weighted by Gasteiger charge is 2.50. The minimum atomic E-state index is -0.567. The van der Waals surface area contributed by atoms with Gasteiger partial charge in [-0.2, -0.15) is 0 Å². The Bertz CT molecular complexity index is 874. The van der Waals surface area contributed by atoms with Gasteiger partial charge in [0.25, 0.3) is 5.91 Å². The van der Waals surface area contributed by atoms with E-state index in [-0.39, 0.29) is 17.2 Å². The summed E-state index contributed by atoms with van der Waals surface area (Å²) in [5.74, 6) is 1.45. The first-order valence-corrected chi connectivity index (χ1v) is 9.11. The molecule has 0 bridgehead atoms. The van der Waals surface area contributed by atoms with Crippen molar-refractivity contribution < 1.29 is 19.1 Å². The summed E-state index contributed by atoms with van der Waals surface area (Å²) in [6, 6.07) is 8.37. The number of nitrogens with one attached hydrogen (secondary N) is 1. The third kappa shape index (κ3) is 2.48. The van der Waals surface area contributed by atoms with Crippen LogP contribution in [0.15, 0.2) is 36.5 Å². The molecule has 2 atom stereocenters. The largest absolute Gasteiger partial charge is 0.493 e. The minimum absolute atomic E-state index is 0.197. The maximum absolute atomic E-state index is 13.1. The van der Waals surface area contributed by atoms with Crippen LogP contribution in [0.25, 0.3) is 0 Å². The van der Waals surface area contributed by atoms with Crippen molar-refractivity contribution in [2.24, 2.45) is 0 Å². The van der Waals surface area contributed by atoms with Crippen LogP contribution in [-0.2, 0) is 4.79 Å². The van der Waals surface area contributed by atoms with Gasteiger partial charge in [0.05, 0.1) is 19.8 Å². The molecule has 8 heteroatoms. The fraction of sp³-hybridized carbons (Fsp3) is 0.278. The van der Waals surface area contributed by atoms with Gasteiger partial charge in [-0.1, -0.05) is 12.1 Å². The number of carbonyl (C=O) groups excluding carboxylic acids is 2. The van der Waals surface area contributed by atoms with E-state index in [1.165, 1.54) is 14.2 Å². The van der Waals surface area contributed by atoms with Crippen LogP contribution in [0.4, 0.5) is 5.82 Å². The molecular weight excluding hydrogens is 354 g/mol. The number of pyridine rings is 1. The molecule has 1 aromatic carbocycles. The van der Waals surface area contributed by atoms with Crippen molar-refractivity contribution >= 4 is 29.4 Å². The number of fused-ring (bicyclic) bond motifs is 3. The molecule has 1 saturated heterocycles. The summed E-state index contributed by atoms with van der Waals surface area (Å²) in [4.78, 5) is 31.5. The summed E-state index contributed by atoms with van der Waals surface area (Å²) in [5, 5.41) is 2.58. The highest BCUT2D eigenvalue weighted by Crippen LogP contribution is 2.52. The van der Waals surface area contributed by atoms with Crippen molar-refractivity contribution in [3.05, 3.63) is 47.7 Å². The monoisotopic (exact) mass is 371 g/mol. The lowest BCUT2D eigenvalue weighted by Gasteiger charge is -2.22. The maximum Gasteiger partial charge on any atom is 0.260 e. The molecule has 1 aromatic heterocycles. The van der Waals surface area contributed by atoms with Crippen LogP contribution in [0.2, 0.25) is 0 Å². The summed E-state index contributed by atoms with van der Waals surface area (Å²) in [7, 11) is 3.04. The highest BCUT2D eigenvalue weighted by atomic mass is 32.2. The van der Waals surface area contributed by atoms with Gasteiger partial charge in [-0.05, 0) is 18.2 Å². The van der Waals surface area contributed by atoms with Gasteiger partial charge in [0.2, 0.25) is 5.91 Å². The molecular formula is C18H17N3O4S. The summed E-state index contributed by atoms with van der Waals surface area (Å²) >= 11 is 1.57. The predicted octanol–water partition coefficient (Wildman–Crippen LogP) is 2.31. The molecule has 0 unspecified atom stereocenters. The molecule has 2 amide bonds. The third-order valence-corrected chi connectivity index (χ3v) is 5.82. The Balaban J connectivity index is 1.64. The molecule has 0 spiro atoms. The number of hydrogen-bond acceptors (Lipinski definition) is 6. The molecule has 0 saturated carbocycles. The van der Waals surface area contributed by atoms with Gasteiger partial charge in [0.1, 0.15) is 17.2 Å². The normalized spacial score (nSPS) is 20.5. The number of methoxy groups -OCH3 is 2. The standard InChI is InChI=1S/C18H17N3O4S/c1-24-12-7-6-10-14(15(12)25-2)17(23)21-11(9-26-18(10)21)16(22)20-13-5-3-4-8-19-13/h3-8,11,18H,9H2,1-2H3,(H,19,20,22)/t11-,18+/m0/s1. The van der Waals surface area contributed by atoms with Crippen molar-refractivity contribution in [3.63, 3.8) is 0 Å². The van der Waals surface area contributed by atoms with Crippen molar-refractivity contribution in [3.8, 4) is 11.5 Å². The Morgan fingerprint density at radius 3 is 2.81 bits per heavy atom. The van der Waals surface area contributed by atoms with E-state index in [2.05, 4.69) is 10.3 Å². The van der Waals surface area contributed by atoms with Crippen LogP contribution in [0.5, 0.6) is 11.5 Å². The van der Waals surface area contributed by atoms with E-state index in [1.807, 2.05) is 6.07 Å². The van der Waals surface area contributed by atoms with Crippen molar-refractivity contribution in [2.75, 3.05) is 25.3 Å². The fourth-order valence-corrected chi connectivity index (χ4v) is 4.80. The predicted molar refractivity (Wildman–Crippen MR) is 97.6 cm³/mol. The quantitative estimate of drug-likeness (QED) is 0.888. The van der Waals surface area contributed by atoms with Gasteiger partial charge in [-0.3, -0.25) is 9.59 Å². The zero-order valence-electron chi connectivity index (χ0n) is 14.3. The summed E-state index contributed by atoms with van der Waals surface area (Å²) in [5.41, 5.74) is 1.32. The molecule has 0 aliphatic carbocycles. The molecule has 1 fully saturated rings. The lowest BCUT2D eigenvalue weighted by molar-refractivity contribution is -0.119. The van der Waals surface area contributed by atoms with Gasteiger partial charge in [0, 0.05) is 17.5 Å². The number of nitrogens with zero attached hydrogens (tertiary/aromatic N) is 2. The maximum atomic E-state index is 13.1.